The number of rotatable bonds is 13. The molecule has 1 unspecified atom stereocenters. The third-order valence-electron chi connectivity index (χ3n) is 5.91. The molecular formula is C17F34O2. The maximum atomic E-state index is 14.2. The van der Waals surface area contributed by atoms with Gasteiger partial charge in [-0.15, -0.1) is 0 Å². The van der Waals surface area contributed by atoms with Crippen molar-refractivity contribution in [3.63, 3.8) is 0 Å². The van der Waals surface area contributed by atoms with Crippen LogP contribution < -0.4 is 0 Å². The lowest BCUT2D eigenvalue weighted by atomic mass is 9.86. The first-order valence-electron chi connectivity index (χ1n) is 10.8. The lowest BCUT2D eigenvalue weighted by Gasteiger charge is -2.45. The minimum absolute atomic E-state index is 0.887. The number of esters is 1. The van der Waals surface area contributed by atoms with E-state index in [0.717, 1.165) is 4.74 Å². The van der Waals surface area contributed by atoms with Crippen LogP contribution in [-0.4, -0.2) is 101 Å². The van der Waals surface area contributed by atoms with E-state index in [0.29, 0.717) is 0 Å². The van der Waals surface area contributed by atoms with Gasteiger partial charge in [0.25, 0.3) is 0 Å². The lowest BCUT2D eigenvalue weighted by molar-refractivity contribution is -0.488. The van der Waals surface area contributed by atoms with Crippen LogP contribution in [0.3, 0.4) is 0 Å². The van der Waals surface area contributed by atoms with Crippen LogP contribution in [0.4, 0.5) is 149 Å². The zero-order valence-electron chi connectivity index (χ0n) is 22.2. The molecule has 0 amide bonds. The van der Waals surface area contributed by atoms with Gasteiger partial charge in [-0.2, -0.15) is 149 Å². The van der Waals surface area contributed by atoms with Gasteiger partial charge in [-0.25, -0.2) is 4.79 Å². The summed E-state index contributed by atoms with van der Waals surface area (Å²) in [6.07, 6.45) is -25.7. The van der Waals surface area contributed by atoms with Crippen molar-refractivity contribution in [2.45, 2.75) is 95.5 Å². The molecule has 0 spiro atoms. The number of hydrogen-bond acceptors (Lipinski definition) is 2. The third kappa shape index (κ3) is 6.05. The monoisotopic (exact) mass is 882 g/mol. The molecule has 0 aliphatic heterocycles. The summed E-state index contributed by atoms with van der Waals surface area (Å²) in [6.45, 7) is 0. The molecule has 0 N–H and O–H groups in total. The zero-order chi connectivity index (χ0) is 44.3. The quantitative estimate of drug-likeness (QED) is 0.136. The van der Waals surface area contributed by atoms with Gasteiger partial charge in [-0.3, -0.25) is 0 Å². The van der Waals surface area contributed by atoms with Gasteiger partial charge in [0.2, 0.25) is 0 Å². The van der Waals surface area contributed by atoms with Gasteiger partial charge in [0.15, 0.2) is 0 Å². The molecule has 0 saturated heterocycles. The highest BCUT2D eigenvalue weighted by molar-refractivity contribution is 5.80. The molecule has 0 aliphatic carbocycles. The molecule has 0 aromatic carbocycles. The van der Waals surface area contributed by atoms with Gasteiger partial charge >= 0.3 is 101 Å². The molecule has 1 atom stereocenters. The van der Waals surface area contributed by atoms with E-state index < -0.39 is 101 Å². The Morgan fingerprint density at radius 1 is 0.245 bits per heavy atom. The molecule has 0 fully saturated rings. The summed E-state index contributed by atoms with van der Waals surface area (Å²) in [4.78, 5) is 11.0. The van der Waals surface area contributed by atoms with Crippen LogP contribution >= 0.6 is 0 Å². The van der Waals surface area contributed by atoms with Gasteiger partial charge in [0, 0.05) is 0 Å². The number of hydrogen-bond donors (Lipinski definition) is 0. The summed E-state index contributed by atoms with van der Waals surface area (Å²) in [6, 6.07) is 0. The Morgan fingerprint density at radius 3 is 0.642 bits per heavy atom. The van der Waals surface area contributed by atoms with Gasteiger partial charge in [0.05, 0.1) is 0 Å². The van der Waals surface area contributed by atoms with Crippen molar-refractivity contribution in [2.24, 2.45) is 0 Å². The van der Waals surface area contributed by atoms with E-state index in [1.807, 2.05) is 0 Å². The molecule has 0 aromatic heterocycles. The standard InChI is InChI=1S/C17F34O2/c18-2(19,3(20,21)4(22,23)12(38,39)15(43,44)45)1(52)53-14(42,17(49,50)51)11(36,37)9(32,33)7(28,29)5(24,25)6(26,27)8(30,31)10(34,35)13(40,41)16(46,47)48. The van der Waals surface area contributed by atoms with E-state index in [9.17, 15) is 154 Å². The van der Waals surface area contributed by atoms with Gasteiger partial charge in [-0.05, 0) is 0 Å². The number of ether oxygens (including phenoxy) is 1. The highest BCUT2D eigenvalue weighted by Gasteiger charge is 3.00. The predicted octanol–water partition coefficient (Wildman–Crippen LogP) is 10.5. The van der Waals surface area contributed by atoms with E-state index in [2.05, 4.69) is 0 Å². The second-order valence-electron chi connectivity index (χ2n) is 9.37. The van der Waals surface area contributed by atoms with Crippen molar-refractivity contribution < 1.29 is 159 Å². The van der Waals surface area contributed by atoms with Crippen molar-refractivity contribution in [3.05, 3.63) is 0 Å². The van der Waals surface area contributed by atoms with Gasteiger partial charge in [-0.1, -0.05) is 0 Å². The van der Waals surface area contributed by atoms with E-state index in [-0.39, 0.29) is 0 Å². The Labute approximate surface area is 261 Å². The highest BCUT2D eigenvalue weighted by atomic mass is 19.5. The van der Waals surface area contributed by atoms with Crippen LogP contribution in [0.25, 0.3) is 0 Å². The Kier molecular flexibility index (Phi) is 11.4. The average Bonchev–Trinajstić information content (AvgIpc) is 2.89. The van der Waals surface area contributed by atoms with Crippen LogP contribution in [-0.2, 0) is 9.53 Å². The average molecular weight is 882 g/mol. The summed E-state index contributed by atoms with van der Waals surface area (Å²) >= 11 is 0. The van der Waals surface area contributed by atoms with Crippen LogP contribution in [0.5, 0.6) is 0 Å². The number of halogens is 34. The molecule has 0 heterocycles. The Balaban J connectivity index is 7.72. The molecule has 0 rings (SSSR count). The SMILES string of the molecule is O=C(OC(F)(C(F)(F)F)C(F)(F)C(F)(F)C(F)(F)C(F)(F)C(F)(F)C(F)(F)C(F)(F)C(F)(F)C(F)(F)F)C(F)(F)C(F)(F)C(F)(F)C(F)(F)C(F)(F)F. The fourth-order valence-electron chi connectivity index (χ4n) is 2.76. The van der Waals surface area contributed by atoms with E-state index in [1.54, 1.807) is 0 Å². The Bertz CT molecular complexity index is 1360. The fraction of sp³-hybridized carbons (Fsp3) is 0.941. The summed E-state index contributed by atoms with van der Waals surface area (Å²) < 4.78 is 449. The second kappa shape index (κ2) is 12.0. The lowest BCUT2D eigenvalue weighted by Crippen LogP contribution is -2.78. The first-order chi connectivity index (χ1) is 22.1. The molecule has 0 radical (unpaired) electrons. The largest absolute Gasteiger partial charge is 0.467 e. The number of carbonyl (C=O) groups is 1. The van der Waals surface area contributed by atoms with E-state index in [1.165, 1.54) is 0 Å². The van der Waals surface area contributed by atoms with Crippen molar-refractivity contribution >= 4 is 5.97 Å². The Morgan fingerprint density at radius 2 is 0.434 bits per heavy atom. The molecule has 318 valence electrons. The van der Waals surface area contributed by atoms with Crippen LogP contribution in [0, 0.1) is 0 Å². The first-order valence-corrected chi connectivity index (χ1v) is 10.8. The molecular weight excluding hydrogens is 882 g/mol. The second-order valence-corrected chi connectivity index (χ2v) is 9.37. The van der Waals surface area contributed by atoms with E-state index >= 15 is 0 Å². The first kappa shape index (κ1) is 50.1. The zero-order valence-corrected chi connectivity index (χ0v) is 22.2. The molecule has 0 saturated carbocycles. The topological polar surface area (TPSA) is 26.3 Å². The van der Waals surface area contributed by atoms with Gasteiger partial charge < -0.3 is 4.74 Å². The third-order valence-corrected chi connectivity index (χ3v) is 5.91. The van der Waals surface area contributed by atoms with Crippen molar-refractivity contribution in [1.82, 2.24) is 0 Å². The molecule has 0 aromatic rings. The number of alkyl halides is 34. The maximum Gasteiger partial charge on any atom is 0.467 e. The fourth-order valence-corrected chi connectivity index (χ4v) is 2.76. The van der Waals surface area contributed by atoms with Gasteiger partial charge in [0.1, 0.15) is 0 Å². The van der Waals surface area contributed by atoms with Crippen molar-refractivity contribution in [2.75, 3.05) is 0 Å². The highest BCUT2D eigenvalue weighted by Crippen LogP contribution is 2.67. The van der Waals surface area contributed by atoms with Crippen molar-refractivity contribution in [1.29, 1.82) is 0 Å². The van der Waals surface area contributed by atoms with Crippen LogP contribution in [0.2, 0.25) is 0 Å². The molecule has 36 heteroatoms. The van der Waals surface area contributed by atoms with Crippen LogP contribution in [0.1, 0.15) is 0 Å². The molecule has 2 nitrogen and oxygen atoms in total. The smallest absolute Gasteiger partial charge is 0.410 e. The predicted molar refractivity (Wildman–Crippen MR) is 87.5 cm³/mol. The minimum Gasteiger partial charge on any atom is -0.410 e. The summed E-state index contributed by atoms with van der Waals surface area (Å²) in [5, 5.41) is 0. The molecule has 0 bridgehead atoms. The Hall–Kier alpha value is -2.91. The summed E-state index contributed by atoms with van der Waals surface area (Å²) in [7, 11) is 0. The van der Waals surface area contributed by atoms with Crippen molar-refractivity contribution in [3.8, 4) is 0 Å². The summed E-state index contributed by atoms with van der Waals surface area (Å²) in [5.74, 6) is -130. The minimum atomic E-state index is -10.1. The molecule has 0 aliphatic rings. The normalized spacial score (nSPS) is 17.8. The number of carbonyl (C=O) groups excluding carboxylic acids is 1. The maximum absolute atomic E-state index is 14.2. The summed E-state index contributed by atoms with van der Waals surface area (Å²) in [5.41, 5.74) is 0. The van der Waals surface area contributed by atoms with Crippen LogP contribution in [0.15, 0.2) is 0 Å². The molecule has 53 heavy (non-hydrogen) atoms. The van der Waals surface area contributed by atoms with E-state index in [4.69, 9.17) is 0 Å².